The standard InChI is InChI=1S/C12H25NO2/c1-11(2,15-4)7-9-13-8-5-6-12(3,14)10-13/h14H,5-10H2,1-4H3. The van der Waals surface area contributed by atoms with Gasteiger partial charge in [-0.3, -0.25) is 0 Å². The number of ether oxygens (including phenoxy) is 1. The molecule has 90 valence electrons. The van der Waals surface area contributed by atoms with Crippen molar-refractivity contribution in [2.45, 2.75) is 51.2 Å². The third-order valence-electron chi connectivity index (χ3n) is 3.34. The van der Waals surface area contributed by atoms with E-state index in [1.54, 1.807) is 7.11 Å². The van der Waals surface area contributed by atoms with Crippen LogP contribution in [0.25, 0.3) is 0 Å². The maximum Gasteiger partial charge on any atom is 0.0746 e. The van der Waals surface area contributed by atoms with Crippen LogP contribution in [0.1, 0.15) is 40.0 Å². The SMILES string of the molecule is COC(C)(C)CCN1CCCC(C)(O)C1. The Balaban J connectivity index is 2.33. The third-order valence-corrected chi connectivity index (χ3v) is 3.34. The molecule has 1 saturated heterocycles. The summed E-state index contributed by atoms with van der Waals surface area (Å²) in [7, 11) is 1.76. The quantitative estimate of drug-likeness (QED) is 0.774. The molecule has 1 aliphatic rings. The van der Waals surface area contributed by atoms with Crippen molar-refractivity contribution in [2.75, 3.05) is 26.7 Å². The van der Waals surface area contributed by atoms with Crippen molar-refractivity contribution in [2.24, 2.45) is 0 Å². The zero-order chi connectivity index (χ0) is 11.5. The molecular formula is C12H25NO2. The first-order valence-electron chi connectivity index (χ1n) is 5.85. The van der Waals surface area contributed by atoms with Crippen LogP contribution in [0, 0.1) is 0 Å². The Bertz CT molecular complexity index is 202. The highest BCUT2D eigenvalue weighted by Crippen LogP contribution is 2.22. The van der Waals surface area contributed by atoms with Crippen LogP contribution >= 0.6 is 0 Å². The summed E-state index contributed by atoms with van der Waals surface area (Å²) in [5.41, 5.74) is -0.543. The van der Waals surface area contributed by atoms with Crippen LogP contribution in [0.2, 0.25) is 0 Å². The Labute approximate surface area is 93.4 Å². The molecule has 3 nitrogen and oxygen atoms in total. The second-order valence-electron chi connectivity index (χ2n) is 5.59. The lowest BCUT2D eigenvalue weighted by Crippen LogP contribution is -2.47. The van der Waals surface area contributed by atoms with Crippen LogP contribution in [0.3, 0.4) is 0 Å². The van der Waals surface area contributed by atoms with Gasteiger partial charge in [0.25, 0.3) is 0 Å². The normalized spacial score (nSPS) is 29.4. The number of nitrogens with zero attached hydrogens (tertiary/aromatic N) is 1. The van der Waals surface area contributed by atoms with Crippen molar-refractivity contribution in [3.8, 4) is 0 Å². The van der Waals surface area contributed by atoms with Crippen molar-refractivity contribution in [1.29, 1.82) is 0 Å². The minimum Gasteiger partial charge on any atom is -0.389 e. The number of methoxy groups -OCH3 is 1. The maximum atomic E-state index is 9.96. The van der Waals surface area contributed by atoms with Gasteiger partial charge in [0.1, 0.15) is 0 Å². The summed E-state index contributed by atoms with van der Waals surface area (Å²) in [6.45, 7) is 9.06. The molecule has 1 aliphatic heterocycles. The highest BCUT2D eigenvalue weighted by atomic mass is 16.5. The fourth-order valence-electron chi connectivity index (χ4n) is 2.04. The predicted octanol–water partition coefficient (Wildman–Crippen LogP) is 1.65. The Hall–Kier alpha value is -0.120. The molecule has 1 atom stereocenters. The van der Waals surface area contributed by atoms with Gasteiger partial charge in [-0.05, 0) is 46.6 Å². The van der Waals surface area contributed by atoms with Crippen LogP contribution in [-0.2, 0) is 4.74 Å². The van der Waals surface area contributed by atoms with Crippen LogP contribution in [0.15, 0.2) is 0 Å². The smallest absolute Gasteiger partial charge is 0.0746 e. The lowest BCUT2D eigenvalue weighted by molar-refractivity contribution is -0.0324. The molecule has 3 heteroatoms. The van der Waals surface area contributed by atoms with Crippen molar-refractivity contribution < 1.29 is 9.84 Å². The largest absolute Gasteiger partial charge is 0.389 e. The Morgan fingerprint density at radius 1 is 1.47 bits per heavy atom. The molecule has 1 rings (SSSR count). The molecule has 1 fully saturated rings. The van der Waals surface area contributed by atoms with E-state index < -0.39 is 5.60 Å². The van der Waals surface area contributed by atoms with Gasteiger partial charge in [0.2, 0.25) is 0 Å². The molecule has 0 radical (unpaired) electrons. The minimum atomic E-state index is -0.491. The number of hydrogen-bond acceptors (Lipinski definition) is 3. The van der Waals surface area contributed by atoms with E-state index in [0.717, 1.165) is 38.9 Å². The highest BCUT2D eigenvalue weighted by Gasteiger charge is 2.29. The van der Waals surface area contributed by atoms with Gasteiger partial charge in [-0.15, -0.1) is 0 Å². The number of likely N-dealkylation sites (tertiary alicyclic amines) is 1. The Kier molecular flexibility index (Phi) is 4.15. The number of rotatable bonds is 4. The van der Waals surface area contributed by atoms with E-state index in [1.165, 1.54) is 0 Å². The number of hydrogen-bond donors (Lipinski definition) is 1. The summed E-state index contributed by atoms with van der Waals surface area (Å²) >= 11 is 0. The van der Waals surface area contributed by atoms with E-state index in [9.17, 15) is 5.11 Å². The molecule has 15 heavy (non-hydrogen) atoms. The second-order valence-corrected chi connectivity index (χ2v) is 5.59. The van der Waals surface area contributed by atoms with E-state index in [0.29, 0.717) is 0 Å². The lowest BCUT2D eigenvalue weighted by Gasteiger charge is -2.38. The van der Waals surface area contributed by atoms with Gasteiger partial charge in [-0.1, -0.05) is 0 Å². The summed E-state index contributed by atoms with van der Waals surface area (Å²) in [4.78, 5) is 2.34. The molecule has 0 bridgehead atoms. The molecule has 0 aromatic heterocycles. The molecule has 1 heterocycles. The summed E-state index contributed by atoms with van der Waals surface area (Å²) in [6.07, 6.45) is 3.04. The van der Waals surface area contributed by atoms with E-state index in [-0.39, 0.29) is 5.60 Å². The van der Waals surface area contributed by atoms with Crippen LogP contribution in [-0.4, -0.2) is 48.0 Å². The zero-order valence-electron chi connectivity index (χ0n) is 10.5. The van der Waals surface area contributed by atoms with Gasteiger partial charge in [0.15, 0.2) is 0 Å². The van der Waals surface area contributed by atoms with Crippen LogP contribution < -0.4 is 0 Å². The van der Waals surface area contributed by atoms with Crippen molar-refractivity contribution in [3.05, 3.63) is 0 Å². The molecule has 0 aliphatic carbocycles. The maximum absolute atomic E-state index is 9.96. The van der Waals surface area contributed by atoms with Gasteiger partial charge in [0.05, 0.1) is 11.2 Å². The van der Waals surface area contributed by atoms with Crippen LogP contribution in [0.4, 0.5) is 0 Å². The highest BCUT2D eigenvalue weighted by molar-refractivity contribution is 4.83. The first kappa shape index (κ1) is 12.9. The van der Waals surface area contributed by atoms with Gasteiger partial charge in [-0.25, -0.2) is 0 Å². The predicted molar refractivity (Wildman–Crippen MR) is 62.0 cm³/mol. The summed E-state index contributed by atoms with van der Waals surface area (Å²) < 4.78 is 5.39. The monoisotopic (exact) mass is 215 g/mol. The topological polar surface area (TPSA) is 32.7 Å². The van der Waals surface area contributed by atoms with Crippen LogP contribution in [0.5, 0.6) is 0 Å². The summed E-state index contributed by atoms with van der Waals surface area (Å²) in [5.74, 6) is 0. The zero-order valence-corrected chi connectivity index (χ0v) is 10.5. The average Bonchev–Trinajstić information content (AvgIpc) is 2.14. The summed E-state index contributed by atoms with van der Waals surface area (Å²) in [5, 5.41) is 9.96. The molecule has 1 unspecified atom stereocenters. The number of piperidine rings is 1. The van der Waals surface area contributed by atoms with Crippen molar-refractivity contribution in [3.63, 3.8) is 0 Å². The first-order chi connectivity index (χ1) is 6.85. The number of aliphatic hydroxyl groups is 1. The van der Waals surface area contributed by atoms with E-state index in [2.05, 4.69) is 18.7 Å². The Morgan fingerprint density at radius 2 is 2.13 bits per heavy atom. The van der Waals surface area contributed by atoms with Crippen molar-refractivity contribution in [1.82, 2.24) is 4.90 Å². The van der Waals surface area contributed by atoms with E-state index >= 15 is 0 Å². The molecule has 1 N–H and O–H groups in total. The molecular weight excluding hydrogens is 190 g/mol. The minimum absolute atomic E-state index is 0.0523. The molecule has 0 aromatic rings. The molecule has 0 saturated carbocycles. The fraction of sp³-hybridized carbons (Fsp3) is 1.00. The van der Waals surface area contributed by atoms with E-state index in [1.807, 2.05) is 6.92 Å². The molecule has 0 spiro atoms. The third kappa shape index (κ3) is 4.49. The van der Waals surface area contributed by atoms with Gasteiger partial charge in [0, 0.05) is 20.2 Å². The lowest BCUT2D eigenvalue weighted by atomic mass is 9.94. The average molecular weight is 215 g/mol. The van der Waals surface area contributed by atoms with Gasteiger partial charge >= 0.3 is 0 Å². The molecule has 0 amide bonds. The van der Waals surface area contributed by atoms with Gasteiger partial charge in [-0.2, -0.15) is 0 Å². The summed E-state index contributed by atoms with van der Waals surface area (Å²) in [6, 6.07) is 0. The Morgan fingerprint density at radius 3 is 2.67 bits per heavy atom. The number of β-amino-alcohol motifs (C(OH)–C–C–N with tert-alkyl or cyclic N) is 1. The van der Waals surface area contributed by atoms with E-state index in [4.69, 9.17) is 4.74 Å². The van der Waals surface area contributed by atoms with Gasteiger partial charge < -0.3 is 14.7 Å². The fourth-order valence-corrected chi connectivity index (χ4v) is 2.04. The first-order valence-corrected chi connectivity index (χ1v) is 5.85. The van der Waals surface area contributed by atoms with Crippen molar-refractivity contribution >= 4 is 0 Å². The molecule has 0 aromatic carbocycles. The second kappa shape index (κ2) is 4.81.